The molecule has 0 bridgehead atoms. The van der Waals surface area contributed by atoms with Crippen LogP contribution in [-0.4, -0.2) is 49.8 Å². The topological polar surface area (TPSA) is 64.8 Å². The smallest absolute Gasteiger partial charge is 0.260 e. The Hall–Kier alpha value is -1.37. The van der Waals surface area contributed by atoms with Crippen LogP contribution in [0.15, 0.2) is 24.3 Å². The SMILES string of the molecule is Cl.NCCCOC1CCN(C(=O)COc2ccc(F)cc2)CC1. The largest absolute Gasteiger partial charge is 0.484 e. The average molecular weight is 347 g/mol. The van der Waals surface area contributed by atoms with E-state index in [1.165, 1.54) is 24.3 Å². The van der Waals surface area contributed by atoms with E-state index >= 15 is 0 Å². The van der Waals surface area contributed by atoms with Crippen molar-refractivity contribution in [1.29, 1.82) is 0 Å². The Balaban J connectivity index is 0.00000264. The van der Waals surface area contributed by atoms with Crippen LogP contribution in [0.3, 0.4) is 0 Å². The predicted octanol–water partition coefficient (Wildman–Crippen LogP) is 1.98. The van der Waals surface area contributed by atoms with Crippen LogP contribution in [-0.2, 0) is 9.53 Å². The van der Waals surface area contributed by atoms with Crippen LogP contribution in [0.4, 0.5) is 4.39 Å². The lowest BCUT2D eigenvalue weighted by Gasteiger charge is -2.31. The Labute approximate surface area is 142 Å². The third-order valence-corrected chi connectivity index (χ3v) is 3.67. The Morgan fingerprint density at radius 2 is 1.91 bits per heavy atom. The fourth-order valence-corrected chi connectivity index (χ4v) is 2.37. The molecule has 0 radical (unpaired) electrons. The van der Waals surface area contributed by atoms with Crippen LogP contribution in [0, 0.1) is 5.82 Å². The molecule has 0 atom stereocenters. The number of amides is 1. The molecular formula is C16H24ClFN2O3. The molecule has 0 spiro atoms. The van der Waals surface area contributed by atoms with E-state index in [1.54, 1.807) is 4.90 Å². The fraction of sp³-hybridized carbons (Fsp3) is 0.562. The van der Waals surface area contributed by atoms with Crippen molar-refractivity contribution in [1.82, 2.24) is 4.90 Å². The number of hydrogen-bond acceptors (Lipinski definition) is 4. The molecule has 1 aromatic carbocycles. The standard InChI is InChI=1S/C16H23FN2O3.ClH/c17-13-2-4-14(5-3-13)22-12-16(20)19-9-6-15(7-10-19)21-11-1-8-18;/h2-5,15H,1,6-12,18H2;1H. The Bertz CT molecular complexity index is 465. The summed E-state index contributed by atoms with van der Waals surface area (Å²) in [5.74, 6) is 0.120. The molecule has 7 heteroatoms. The maximum absolute atomic E-state index is 12.8. The van der Waals surface area contributed by atoms with Crippen LogP contribution in [0.2, 0.25) is 0 Å². The van der Waals surface area contributed by atoms with Gasteiger partial charge in [0, 0.05) is 19.7 Å². The highest BCUT2D eigenvalue weighted by Gasteiger charge is 2.23. The Morgan fingerprint density at radius 1 is 1.26 bits per heavy atom. The first-order valence-electron chi connectivity index (χ1n) is 7.67. The molecule has 5 nitrogen and oxygen atoms in total. The van der Waals surface area contributed by atoms with E-state index < -0.39 is 0 Å². The normalized spacial score (nSPS) is 15.1. The number of carbonyl (C=O) groups is 1. The van der Waals surface area contributed by atoms with E-state index in [0.717, 1.165) is 19.3 Å². The number of nitrogens with zero attached hydrogens (tertiary/aromatic N) is 1. The van der Waals surface area contributed by atoms with Crippen molar-refractivity contribution in [3.05, 3.63) is 30.1 Å². The van der Waals surface area contributed by atoms with Crippen molar-refractivity contribution in [2.45, 2.75) is 25.4 Å². The van der Waals surface area contributed by atoms with Crippen molar-refractivity contribution in [2.24, 2.45) is 5.73 Å². The number of benzene rings is 1. The molecule has 1 heterocycles. The highest BCUT2D eigenvalue weighted by atomic mass is 35.5. The molecule has 23 heavy (non-hydrogen) atoms. The molecule has 0 unspecified atom stereocenters. The summed E-state index contributed by atoms with van der Waals surface area (Å²) in [4.78, 5) is 13.9. The van der Waals surface area contributed by atoms with Crippen molar-refractivity contribution < 1.29 is 18.7 Å². The Morgan fingerprint density at radius 3 is 2.52 bits per heavy atom. The monoisotopic (exact) mass is 346 g/mol. The van der Waals surface area contributed by atoms with Gasteiger partial charge in [0.05, 0.1) is 6.10 Å². The minimum atomic E-state index is -0.324. The van der Waals surface area contributed by atoms with E-state index in [4.69, 9.17) is 15.2 Å². The van der Waals surface area contributed by atoms with Crippen LogP contribution in [0.1, 0.15) is 19.3 Å². The lowest BCUT2D eigenvalue weighted by atomic mass is 10.1. The quantitative estimate of drug-likeness (QED) is 0.767. The van der Waals surface area contributed by atoms with E-state index in [9.17, 15) is 9.18 Å². The lowest BCUT2D eigenvalue weighted by molar-refractivity contribution is -0.136. The van der Waals surface area contributed by atoms with Gasteiger partial charge in [0.15, 0.2) is 6.61 Å². The summed E-state index contributed by atoms with van der Waals surface area (Å²) in [6.45, 7) is 2.66. The third-order valence-electron chi connectivity index (χ3n) is 3.67. The molecular weight excluding hydrogens is 323 g/mol. The van der Waals surface area contributed by atoms with Gasteiger partial charge in [-0.3, -0.25) is 4.79 Å². The predicted molar refractivity (Wildman–Crippen MR) is 88.4 cm³/mol. The lowest BCUT2D eigenvalue weighted by Crippen LogP contribution is -2.43. The zero-order valence-electron chi connectivity index (χ0n) is 13.1. The van der Waals surface area contributed by atoms with Gasteiger partial charge in [0.2, 0.25) is 0 Å². The molecule has 0 saturated carbocycles. The van der Waals surface area contributed by atoms with Gasteiger partial charge in [-0.15, -0.1) is 12.4 Å². The molecule has 0 aliphatic carbocycles. The summed E-state index contributed by atoms with van der Waals surface area (Å²) >= 11 is 0. The van der Waals surface area contributed by atoms with E-state index in [-0.39, 0.29) is 36.8 Å². The van der Waals surface area contributed by atoms with Gasteiger partial charge < -0.3 is 20.1 Å². The first-order chi connectivity index (χ1) is 10.7. The first-order valence-corrected chi connectivity index (χ1v) is 7.67. The molecule has 1 aliphatic heterocycles. The van der Waals surface area contributed by atoms with E-state index in [1.807, 2.05) is 0 Å². The molecule has 1 amide bonds. The second kappa shape index (κ2) is 10.4. The van der Waals surface area contributed by atoms with Gasteiger partial charge in [-0.25, -0.2) is 4.39 Å². The van der Waals surface area contributed by atoms with Crippen molar-refractivity contribution in [3.63, 3.8) is 0 Å². The van der Waals surface area contributed by atoms with Gasteiger partial charge in [-0.1, -0.05) is 0 Å². The second-order valence-electron chi connectivity index (χ2n) is 5.34. The number of likely N-dealkylation sites (tertiary alicyclic amines) is 1. The fourth-order valence-electron chi connectivity index (χ4n) is 2.37. The molecule has 1 aliphatic rings. The Kier molecular flexibility index (Phi) is 8.91. The number of carbonyl (C=O) groups excluding carboxylic acids is 1. The summed E-state index contributed by atoms with van der Waals surface area (Å²) in [6, 6.07) is 5.65. The number of ether oxygens (including phenoxy) is 2. The van der Waals surface area contributed by atoms with Crippen LogP contribution in [0.25, 0.3) is 0 Å². The zero-order chi connectivity index (χ0) is 15.8. The maximum atomic E-state index is 12.8. The summed E-state index contributed by atoms with van der Waals surface area (Å²) in [7, 11) is 0. The van der Waals surface area contributed by atoms with Crippen LogP contribution >= 0.6 is 12.4 Å². The van der Waals surface area contributed by atoms with E-state index in [2.05, 4.69) is 0 Å². The number of halogens is 2. The summed E-state index contributed by atoms with van der Waals surface area (Å²) in [5.41, 5.74) is 5.43. The minimum absolute atomic E-state index is 0. The summed E-state index contributed by atoms with van der Waals surface area (Å²) in [5, 5.41) is 0. The highest BCUT2D eigenvalue weighted by molar-refractivity contribution is 5.85. The molecule has 2 N–H and O–H groups in total. The van der Waals surface area contributed by atoms with Crippen molar-refractivity contribution in [2.75, 3.05) is 32.8 Å². The molecule has 130 valence electrons. The van der Waals surface area contributed by atoms with Gasteiger partial charge >= 0.3 is 0 Å². The number of piperidine rings is 1. The molecule has 1 aromatic rings. The molecule has 1 saturated heterocycles. The van der Waals surface area contributed by atoms with Crippen LogP contribution < -0.4 is 10.5 Å². The minimum Gasteiger partial charge on any atom is -0.484 e. The van der Waals surface area contributed by atoms with Gasteiger partial charge in [-0.05, 0) is 50.1 Å². The van der Waals surface area contributed by atoms with Crippen molar-refractivity contribution >= 4 is 18.3 Å². The number of rotatable bonds is 7. The zero-order valence-corrected chi connectivity index (χ0v) is 13.9. The van der Waals surface area contributed by atoms with Crippen LogP contribution in [0.5, 0.6) is 5.75 Å². The van der Waals surface area contributed by atoms with Gasteiger partial charge in [0.1, 0.15) is 11.6 Å². The summed E-state index contributed by atoms with van der Waals surface area (Å²) < 4.78 is 23.9. The summed E-state index contributed by atoms with van der Waals surface area (Å²) in [6.07, 6.45) is 2.76. The third kappa shape index (κ3) is 6.72. The maximum Gasteiger partial charge on any atom is 0.260 e. The second-order valence-corrected chi connectivity index (χ2v) is 5.34. The number of hydrogen-bond donors (Lipinski definition) is 1. The number of nitrogens with two attached hydrogens (primary N) is 1. The highest BCUT2D eigenvalue weighted by Crippen LogP contribution is 2.15. The van der Waals surface area contributed by atoms with Gasteiger partial charge in [-0.2, -0.15) is 0 Å². The van der Waals surface area contributed by atoms with E-state index in [0.29, 0.717) is 32.0 Å². The molecule has 0 aromatic heterocycles. The average Bonchev–Trinajstić information content (AvgIpc) is 2.55. The molecule has 1 fully saturated rings. The van der Waals surface area contributed by atoms with Crippen molar-refractivity contribution in [3.8, 4) is 5.75 Å². The molecule has 2 rings (SSSR count). The van der Waals surface area contributed by atoms with Gasteiger partial charge in [0.25, 0.3) is 5.91 Å². The first kappa shape index (κ1) is 19.7.